The van der Waals surface area contributed by atoms with E-state index >= 15 is 0 Å². The van der Waals surface area contributed by atoms with Gasteiger partial charge in [-0.1, -0.05) is 0 Å². The highest BCUT2D eigenvalue weighted by atomic mass is 16.5. The standard InChI is InChI=1S/C9H20NO3/c1-8(13-3)10(7-12-2)6-4-5-9(10)11/h8-9,11H,4-7H2,1-3H3/q+1. The molecule has 3 atom stereocenters. The molecule has 0 radical (unpaired) electrons. The van der Waals surface area contributed by atoms with Gasteiger partial charge < -0.3 is 14.6 Å². The van der Waals surface area contributed by atoms with Gasteiger partial charge in [-0.2, -0.15) is 0 Å². The third-order valence-electron chi connectivity index (χ3n) is 3.07. The fraction of sp³-hybridized carbons (Fsp3) is 1.00. The van der Waals surface area contributed by atoms with Crippen molar-refractivity contribution in [1.82, 2.24) is 0 Å². The van der Waals surface area contributed by atoms with Gasteiger partial charge in [0.2, 0.25) is 0 Å². The molecule has 0 aliphatic carbocycles. The summed E-state index contributed by atoms with van der Waals surface area (Å²) in [4.78, 5) is 0. The third kappa shape index (κ3) is 1.86. The first-order valence-corrected chi connectivity index (χ1v) is 4.73. The Hall–Kier alpha value is -0.160. The van der Waals surface area contributed by atoms with Gasteiger partial charge in [-0.25, -0.2) is 0 Å². The van der Waals surface area contributed by atoms with Crippen LogP contribution in [0.4, 0.5) is 0 Å². The maximum atomic E-state index is 9.88. The predicted molar refractivity (Wildman–Crippen MR) is 48.7 cm³/mol. The van der Waals surface area contributed by atoms with Gasteiger partial charge in [0.15, 0.2) is 19.2 Å². The molecule has 4 heteroatoms. The van der Waals surface area contributed by atoms with Crippen molar-refractivity contribution in [2.24, 2.45) is 0 Å². The zero-order chi connectivity index (χ0) is 9.90. The Balaban J connectivity index is 2.73. The van der Waals surface area contributed by atoms with E-state index in [0.29, 0.717) is 11.2 Å². The number of rotatable bonds is 4. The van der Waals surface area contributed by atoms with Crippen molar-refractivity contribution >= 4 is 0 Å². The summed E-state index contributed by atoms with van der Waals surface area (Å²) in [5.74, 6) is 0. The van der Waals surface area contributed by atoms with E-state index in [2.05, 4.69) is 0 Å². The Morgan fingerprint density at radius 2 is 2.23 bits per heavy atom. The molecular weight excluding hydrogens is 170 g/mol. The first kappa shape index (κ1) is 10.9. The molecular formula is C9H20NO3+. The Morgan fingerprint density at radius 1 is 1.54 bits per heavy atom. The third-order valence-corrected chi connectivity index (χ3v) is 3.07. The van der Waals surface area contributed by atoms with E-state index in [1.165, 1.54) is 0 Å². The van der Waals surface area contributed by atoms with Crippen molar-refractivity contribution in [1.29, 1.82) is 0 Å². The van der Waals surface area contributed by atoms with Crippen LogP contribution in [0.3, 0.4) is 0 Å². The van der Waals surface area contributed by atoms with E-state index < -0.39 is 0 Å². The summed E-state index contributed by atoms with van der Waals surface area (Å²) in [7, 11) is 3.33. The molecule has 0 bridgehead atoms. The fourth-order valence-corrected chi connectivity index (χ4v) is 2.10. The average molecular weight is 190 g/mol. The van der Waals surface area contributed by atoms with E-state index in [0.717, 1.165) is 19.4 Å². The number of quaternary nitrogens is 1. The second-order valence-electron chi connectivity index (χ2n) is 3.70. The number of likely N-dealkylation sites (tertiary alicyclic amines) is 1. The molecule has 1 N–H and O–H groups in total. The van der Waals surface area contributed by atoms with Gasteiger partial charge in [-0.15, -0.1) is 0 Å². The zero-order valence-corrected chi connectivity index (χ0v) is 8.69. The number of nitrogens with zero attached hydrogens (tertiary/aromatic N) is 1. The maximum Gasteiger partial charge on any atom is 0.194 e. The highest BCUT2D eigenvalue weighted by Crippen LogP contribution is 2.28. The lowest BCUT2D eigenvalue weighted by Gasteiger charge is -2.40. The summed E-state index contributed by atoms with van der Waals surface area (Å²) < 4.78 is 11.0. The normalized spacial score (nSPS) is 36.5. The molecule has 0 aromatic heterocycles. The van der Waals surface area contributed by atoms with Crippen LogP contribution in [0, 0.1) is 0 Å². The second kappa shape index (κ2) is 4.37. The number of ether oxygens (including phenoxy) is 2. The van der Waals surface area contributed by atoms with Crippen molar-refractivity contribution in [3.8, 4) is 0 Å². The minimum Gasteiger partial charge on any atom is -0.345 e. The van der Waals surface area contributed by atoms with Crippen molar-refractivity contribution in [2.45, 2.75) is 32.2 Å². The van der Waals surface area contributed by atoms with Crippen LogP contribution in [-0.4, -0.2) is 49.5 Å². The lowest BCUT2D eigenvalue weighted by atomic mass is 10.3. The molecule has 78 valence electrons. The van der Waals surface area contributed by atoms with Crippen LogP contribution < -0.4 is 0 Å². The summed E-state index contributed by atoms with van der Waals surface area (Å²) in [5, 5.41) is 9.88. The van der Waals surface area contributed by atoms with Crippen LogP contribution in [0.5, 0.6) is 0 Å². The number of hydrogen-bond acceptors (Lipinski definition) is 3. The second-order valence-corrected chi connectivity index (χ2v) is 3.70. The monoisotopic (exact) mass is 190 g/mol. The molecule has 1 heterocycles. The first-order chi connectivity index (χ1) is 6.17. The number of hydrogen-bond donors (Lipinski definition) is 1. The summed E-state index contributed by atoms with van der Waals surface area (Å²) >= 11 is 0. The lowest BCUT2D eigenvalue weighted by molar-refractivity contribution is -1.01. The summed E-state index contributed by atoms with van der Waals surface area (Å²) in [6, 6.07) is 0. The molecule has 0 spiro atoms. The van der Waals surface area contributed by atoms with Gasteiger partial charge in [0.05, 0.1) is 6.54 Å². The molecule has 0 aromatic carbocycles. The predicted octanol–water partition coefficient (Wildman–Crippen LogP) is 0.512. The molecule has 4 nitrogen and oxygen atoms in total. The minimum atomic E-state index is -0.338. The van der Waals surface area contributed by atoms with Crippen LogP contribution in [0.15, 0.2) is 0 Å². The average Bonchev–Trinajstić information content (AvgIpc) is 2.48. The van der Waals surface area contributed by atoms with E-state index in [1.54, 1.807) is 14.2 Å². The van der Waals surface area contributed by atoms with E-state index in [9.17, 15) is 5.11 Å². The van der Waals surface area contributed by atoms with Gasteiger partial charge in [0, 0.05) is 34.0 Å². The van der Waals surface area contributed by atoms with E-state index in [-0.39, 0.29) is 12.5 Å². The van der Waals surface area contributed by atoms with Crippen molar-refractivity contribution in [2.75, 3.05) is 27.5 Å². The van der Waals surface area contributed by atoms with Gasteiger partial charge in [-0.3, -0.25) is 4.48 Å². The van der Waals surface area contributed by atoms with Gasteiger partial charge >= 0.3 is 0 Å². The summed E-state index contributed by atoms with van der Waals surface area (Å²) in [5.41, 5.74) is 0. The first-order valence-electron chi connectivity index (χ1n) is 4.73. The summed E-state index contributed by atoms with van der Waals surface area (Å²) in [6.07, 6.45) is 1.54. The van der Waals surface area contributed by atoms with Crippen molar-refractivity contribution in [3.05, 3.63) is 0 Å². The number of methoxy groups -OCH3 is 2. The quantitative estimate of drug-likeness (QED) is 0.656. The van der Waals surface area contributed by atoms with Crippen LogP contribution in [0.2, 0.25) is 0 Å². The fourth-order valence-electron chi connectivity index (χ4n) is 2.10. The minimum absolute atomic E-state index is 0.00236. The Morgan fingerprint density at radius 3 is 2.62 bits per heavy atom. The smallest absolute Gasteiger partial charge is 0.194 e. The van der Waals surface area contributed by atoms with Crippen LogP contribution in [-0.2, 0) is 9.47 Å². The Bertz CT molecular complexity index is 165. The van der Waals surface area contributed by atoms with Crippen molar-refractivity contribution < 1.29 is 19.1 Å². The Kier molecular flexibility index (Phi) is 3.67. The molecule has 0 aromatic rings. The largest absolute Gasteiger partial charge is 0.345 e. The molecule has 0 amide bonds. The molecule has 1 aliphatic rings. The Labute approximate surface area is 79.6 Å². The van der Waals surface area contributed by atoms with Crippen LogP contribution in [0.1, 0.15) is 19.8 Å². The van der Waals surface area contributed by atoms with E-state index in [1.807, 2.05) is 6.92 Å². The molecule has 1 aliphatic heterocycles. The topological polar surface area (TPSA) is 38.7 Å². The van der Waals surface area contributed by atoms with Crippen LogP contribution in [0.25, 0.3) is 0 Å². The number of aliphatic hydroxyl groups is 1. The number of aliphatic hydroxyl groups excluding tert-OH is 1. The van der Waals surface area contributed by atoms with E-state index in [4.69, 9.17) is 9.47 Å². The van der Waals surface area contributed by atoms with Crippen molar-refractivity contribution in [3.63, 3.8) is 0 Å². The molecule has 0 saturated carbocycles. The molecule has 1 rings (SSSR count). The molecule has 13 heavy (non-hydrogen) atoms. The van der Waals surface area contributed by atoms with Gasteiger partial charge in [-0.05, 0) is 0 Å². The summed E-state index contributed by atoms with van der Waals surface area (Å²) in [6.45, 7) is 3.44. The lowest BCUT2D eigenvalue weighted by Crippen LogP contribution is -2.58. The molecule has 1 fully saturated rings. The molecule has 1 saturated heterocycles. The molecule has 3 unspecified atom stereocenters. The zero-order valence-electron chi connectivity index (χ0n) is 8.69. The van der Waals surface area contributed by atoms with Crippen LogP contribution >= 0.6 is 0 Å². The highest BCUT2D eigenvalue weighted by Gasteiger charge is 2.45. The SMILES string of the molecule is COC[N+]1(C(C)OC)CCCC1O. The van der Waals surface area contributed by atoms with Gasteiger partial charge in [0.1, 0.15) is 0 Å². The highest BCUT2D eigenvalue weighted by molar-refractivity contribution is 4.58. The maximum absolute atomic E-state index is 9.88. The van der Waals surface area contributed by atoms with Gasteiger partial charge in [0.25, 0.3) is 0 Å².